The van der Waals surface area contributed by atoms with E-state index in [4.69, 9.17) is 0 Å². The standard InChI is InChI=1S/C70H81BN2/c1-40-15-24-60-57(27-40)71-58-33-45(67(8,9)10)20-26-61(58)73(59-25-19-44(66(5,6)7)32-48(59)42-16-23-55-56(31-42)69(13,14)39-68(55,11)12)63-35-46(34-62(64(63)71)72(60)47-21-17-43(18-22-47)65(2,3)4)70-36-52-49-28-41-29-50(52)54(38-70)51(30-41)53(49)37-70/h15-27,31-35,41,49-54H,28-30,36-39H2,1-14H3. The normalized spacial score (nSPS) is 28.4. The summed E-state index contributed by atoms with van der Waals surface area (Å²) in [7, 11) is 0. The van der Waals surface area contributed by atoms with E-state index in [2.05, 4.69) is 216 Å². The number of hydrogen-bond donors (Lipinski definition) is 0. The Morgan fingerprint density at radius 2 is 0.973 bits per heavy atom. The molecular weight excluding hydrogens is 880 g/mol. The molecule has 2 nitrogen and oxygen atoms in total. The Bertz CT molecular complexity index is 3250. The van der Waals surface area contributed by atoms with Crippen molar-refractivity contribution in [2.45, 2.75) is 174 Å². The van der Waals surface area contributed by atoms with Crippen LogP contribution in [0, 0.1) is 48.3 Å². The monoisotopic (exact) mass is 961 g/mol. The van der Waals surface area contributed by atoms with Crippen molar-refractivity contribution >= 4 is 57.2 Å². The van der Waals surface area contributed by atoms with Gasteiger partial charge in [-0.3, -0.25) is 0 Å². The van der Waals surface area contributed by atoms with Crippen LogP contribution in [0.2, 0.25) is 0 Å². The molecule has 374 valence electrons. The summed E-state index contributed by atoms with van der Waals surface area (Å²) in [5.41, 5.74) is 25.6. The average Bonchev–Trinajstić information content (AvgIpc) is 3.55. The van der Waals surface area contributed by atoms with E-state index >= 15 is 0 Å². The fourth-order valence-electron chi connectivity index (χ4n) is 18.4. The van der Waals surface area contributed by atoms with E-state index in [-0.39, 0.29) is 39.2 Å². The maximum absolute atomic E-state index is 2.82. The number of benzene rings is 6. The van der Waals surface area contributed by atoms with Crippen molar-refractivity contribution in [2.75, 3.05) is 9.80 Å². The van der Waals surface area contributed by atoms with E-state index in [1.807, 2.05) is 0 Å². The molecule has 0 spiro atoms. The lowest BCUT2D eigenvalue weighted by molar-refractivity contribution is -0.212. The van der Waals surface area contributed by atoms with Gasteiger partial charge < -0.3 is 9.80 Å². The molecule has 0 N–H and O–H groups in total. The van der Waals surface area contributed by atoms with Crippen LogP contribution in [0.15, 0.2) is 109 Å². The van der Waals surface area contributed by atoms with Crippen LogP contribution in [0.1, 0.15) is 174 Å². The first-order chi connectivity index (χ1) is 34.4. The van der Waals surface area contributed by atoms with Crippen molar-refractivity contribution in [1.29, 1.82) is 0 Å². The molecule has 0 aromatic heterocycles. The van der Waals surface area contributed by atoms with Gasteiger partial charge in [0.2, 0.25) is 0 Å². The van der Waals surface area contributed by atoms with Crippen LogP contribution in [0.25, 0.3) is 11.1 Å². The lowest BCUT2D eigenvalue weighted by Crippen LogP contribution is -2.66. The van der Waals surface area contributed by atoms with Gasteiger partial charge in [-0.05, 0) is 230 Å². The second kappa shape index (κ2) is 14.9. The van der Waals surface area contributed by atoms with Crippen LogP contribution in [0.5, 0.6) is 0 Å². The molecule has 0 radical (unpaired) electrons. The number of hydrogen-bond acceptors (Lipinski definition) is 2. The van der Waals surface area contributed by atoms with Crippen LogP contribution < -0.4 is 26.2 Å². The van der Waals surface area contributed by atoms with Crippen molar-refractivity contribution in [3.05, 3.63) is 148 Å². The SMILES string of the molecule is Cc1ccc2c(c1)B1c3cc(C(C)(C)C)ccc3N(c3ccc(C(C)(C)C)cc3-c3ccc4c(c3)C(C)(C)CC4(C)C)c3cc(C45CC6C7CC8CC6C(C4)C(C8)C7C5)cc(c31)N2c1ccc(C(C)(C)C)cc1. The van der Waals surface area contributed by atoms with Crippen molar-refractivity contribution in [1.82, 2.24) is 0 Å². The van der Waals surface area contributed by atoms with Crippen LogP contribution in [0.4, 0.5) is 34.1 Å². The molecule has 0 atom stereocenters. The molecule has 16 rings (SSSR count). The molecule has 3 heteroatoms. The van der Waals surface area contributed by atoms with Gasteiger partial charge in [-0.15, -0.1) is 0 Å². The fraction of sp³-hybridized carbons (Fsp3) is 0.486. The van der Waals surface area contributed by atoms with Gasteiger partial charge in [0.15, 0.2) is 0 Å². The summed E-state index contributed by atoms with van der Waals surface area (Å²) in [6.07, 6.45) is 9.85. The largest absolute Gasteiger partial charge is 0.311 e. The third-order valence-corrected chi connectivity index (χ3v) is 21.5. The molecule has 0 saturated heterocycles. The van der Waals surface area contributed by atoms with Crippen molar-refractivity contribution in [3.63, 3.8) is 0 Å². The van der Waals surface area contributed by atoms with Crippen LogP contribution >= 0.6 is 0 Å². The summed E-state index contributed by atoms with van der Waals surface area (Å²) < 4.78 is 0. The summed E-state index contributed by atoms with van der Waals surface area (Å²) in [5, 5.41) is 0. The van der Waals surface area contributed by atoms with E-state index in [1.165, 1.54) is 134 Å². The maximum atomic E-state index is 2.82. The number of nitrogens with zero attached hydrogens (tertiary/aromatic N) is 2. The topological polar surface area (TPSA) is 6.48 Å². The van der Waals surface area contributed by atoms with Crippen LogP contribution in [0.3, 0.4) is 0 Å². The molecule has 7 saturated carbocycles. The van der Waals surface area contributed by atoms with Crippen molar-refractivity contribution in [3.8, 4) is 11.1 Å². The zero-order chi connectivity index (χ0) is 50.8. The van der Waals surface area contributed by atoms with Crippen molar-refractivity contribution in [2.24, 2.45) is 41.4 Å². The van der Waals surface area contributed by atoms with Gasteiger partial charge in [-0.25, -0.2) is 0 Å². The minimum atomic E-state index is -0.0151. The second-order valence-electron chi connectivity index (χ2n) is 30.1. The van der Waals surface area contributed by atoms with Crippen LogP contribution in [-0.4, -0.2) is 6.71 Å². The molecule has 7 fully saturated rings. The highest BCUT2D eigenvalue weighted by atomic mass is 15.2. The first kappa shape index (κ1) is 46.5. The number of aryl methyl sites for hydroxylation is 1. The van der Waals surface area contributed by atoms with Crippen molar-refractivity contribution < 1.29 is 0 Å². The Kier molecular flexibility index (Phi) is 9.48. The predicted molar refractivity (Wildman–Crippen MR) is 311 cm³/mol. The van der Waals surface area contributed by atoms with Gasteiger partial charge in [0, 0.05) is 34.0 Å². The van der Waals surface area contributed by atoms with Gasteiger partial charge >= 0.3 is 0 Å². The Labute approximate surface area is 439 Å². The van der Waals surface area contributed by atoms with Gasteiger partial charge in [0.25, 0.3) is 6.71 Å². The highest BCUT2D eigenvalue weighted by Crippen LogP contribution is 2.74. The lowest BCUT2D eigenvalue weighted by Gasteiger charge is -2.72. The molecule has 8 aliphatic carbocycles. The maximum Gasteiger partial charge on any atom is 0.252 e. The van der Waals surface area contributed by atoms with E-state index in [1.54, 1.807) is 5.56 Å². The molecule has 6 aromatic carbocycles. The summed E-state index contributed by atoms with van der Waals surface area (Å²) in [4.78, 5) is 5.52. The Morgan fingerprint density at radius 3 is 1.58 bits per heavy atom. The zero-order valence-electron chi connectivity index (χ0n) is 46.9. The third-order valence-electron chi connectivity index (χ3n) is 21.5. The molecule has 0 amide bonds. The molecule has 2 heterocycles. The third kappa shape index (κ3) is 6.67. The van der Waals surface area contributed by atoms with E-state index in [0.29, 0.717) is 0 Å². The second-order valence-corrected chi connectivity index (χ2v) is 30.1. The molecule has 2 aliphatic heterocycles. The van der Waals surface area contributed by atoms with Gasteiger partial charge in [0.05, 0.1) is 5.69 Å². The van der Waals surface area contributed by atoms with Crippen LogP contribution in [-0.2, 0) is 32.5 Å². The molecule has 6 aromatic rings. The fourth-order valence-corrected chi connectivity index (χ4v) is 18.4. The first-order valence-electron chi connectivity index (χ1n) is 28.8. The summed E-state index contributed by atoms with van der Waals surface area (Å²) >= 11 is 0. The minimum Gasteiger partial charge on any atom is -0.311 e. The predicted octanol–water partition coefficient (Wildman–Crippen LogP) is 16.6. The van der Waals surface area contributed by atoms with E-state index in [9.17, 15) is 0 Å². The molecule has 0 unspecified atom stereocenters. The van der Waals surface area contributed by atoms with Gasteiger partial charge in [-0.2, -0.15) is 0 Å². The molecule has 73 heavy (non-hydrogen) atoms. The smallest absolute Gasteiger partial charge is 0.252 e. The number of anilines is 6. The van der Waals surface area contributed by atoms with E-state index in [0.717, 1.165) is 47.8 Å². The van der Waals surface area contributed by atoms with E-state index < -0.39 is 0 Å². The molecular formula is C70H81BN2. The Balaban J connectivity index is 1.07. The van der Waals surface area contributed by atoms with Gasteiger partial charge in [-0.1, -0.05) is 156 Å². The summed E-state index contributed by atoms with van der Waals surface area (Å²) in [6, 6.07) is 45.5. The quantitative estimate of drug-likeness (QED) is 0.162. The summed E-state index contributed by atoms with van der Waals surface area (Å²) in [6.45, 7) is 33.6. The summed E-state index contributed by atoms with van der Waals surface area (Å²) in [5.74, 6) is 6.60. The zero-order valence-corrected chi connectivity index (χ0v) is 46.9. The first-order valence-corrected chi connectivity index (χ1v) is 28.8. The number of fused-ring (bicyclic) bond motifs is 5. The minimum absolute atomic E-state index is 0.0144. The highest BCUT2D eigenvalue weighted by molar-refractivity contribution is 7.00. The molecule has 10 aliphatic rings. The average molecular weight is 961 g/mol. The number of rotatable bonds is 4. The highest BCUT2D eigenvalue weighted by Gasteiger charge is 2.67. The molecule has 8 bridgehead atoms. The Morgan fingerprint density at radius 1 is 0.466 bits per heavy atom. The Hall–Kier alpha value is -5.02. The van der Waals surface area contributed by atoms with Gasteiger partial charge in [0.1, 0.15) is 0 Å². The lowest BCUT2D eigenvalue weighted by atomic mass is 9.31.